The van der Waals surface area contributed by atoms with Crippen LogP contribution in [-0.2, 0) is 9.53 Å². The molecule has 0 radical (unpaired) electrons. The van der Waals surface area contributed by atoms with Crippen LogP contribution in [0.1, 0.15) is 12.0 Å². The van der Waals surface area contributed by atoms with E-state index >= 15 is 0 Å². The number of rotatable bonds is 4. The molecule has 2 N–H and O–H groups in total. The zero-order valence-electron chi connectivity index (χ0n) is 11.4. The summed E-state index contributed by atoms with van der Waals surface area (Å²) in [4.78, 5) is 16.3. The summed E-state index contributed by atoms with van der Waals surface area (Å²) < 4.78 is 19.7. The van der Waals surface area contributed by atoms with Gasteiger partial charge in [-0.2, -0.15) is 0 Å². The molecule has 1 aliphatic heterocycles. The largest absolute Gasteiger partial charge is 0.381 e. The SMILES string of the molecule is COC[C@@]1(F)CN[C@H](C(=O)Nc2nc(Br)ccc2C)C1. The molecule has 2 heterocycles. The van der Waals surface area contributed by atoms with Gasteiger partial charge < -0.3 is 15.4 Å². The molecule has 2 rings (SSSR count). The molecule has 5 nitrogen and oxygen atoms in total. The van der Waals surface area contributed by atoms with Crippen LogP contribution in [0.15, 0.2) is 16.7 Å². The molecular formula is C13H17BrFN3O2. The van der Waals surface area contributed by atoms with Crippen molar-refractivity contribution in [3.63, 3.8) is 0 Å². The second-order valence-electron chi connectivity index (χ2n) is 5.01. The molecule has 7 heteroatoms. The number of aryl methyl sites for hydroxylation is 1. The average molecular weight is 346 g/mol. The second-order valence-corrected chi connectivity index (χ2v) is 5.82. The van der Waals surface area contributed by atoms with E-state index in [1.54, 1.807) is 6.07 Å². The molecule has 0 bridgehead atoms. The van der Waals surface area contributed by atoms with Crippen molar-refractivity contribution in [3.8, 4) is 0 Å². The van der Waals surface area contributed by atoms with E-state index in [4.69, 9.17) is 4.74 Å². The maximum Gasteiger partial charge on any atom is 0.242 e. The summed E-state index contributed by atoms with van der Waals surface area (Å²) in [5.41, 5.74) is -0.640. The predicted molar refractivity (Wildman–Crippen MR) is 77.4 cm³/mol. The van der Waals surface area contributed by atoms with E-state index in [1.165, 1.54) is 7.11 Å². The van der Waals surface area contributed by atoms with Gasteiger partial charge in [0.05, 0.1) is 12.6 Å². The van der Waals surface area contributed by atoms with Gasteiger partial charge in [-0.15, -0.1) is 0 Å². The quantitative estimate of drug-likeness (QED) is 0.817. The van der Waals surface area contributed by atoms with Crippen molar-refractivity contribution in [2.75, 3.05) is 25.6 Å². The minimum Gasteiger partial charge on any atom is -0.381 e. The molecule has 0 spiro atoms. The normalized spacial score (nSPS) is 25.7. The van der Waals surface area contributed by atoms with Gasteiger partial charge >= 0.3 is 0 Å². The number of nitrogens with one attached hydrogen (secondary N) is 2. The van der Waals surface area contributed by atoms with Gasteiger partial charge in [-0.25, -0.2) is 9.37 Å². The number of pyridine rings is 1. The summed E-state index contributed by atoms with van der Waals surface area (Å²) in [6.07, 6.45) is 0.0969. The lowest BCUT2D eigenvalue weighted by Crippen LogP contribution is -2.35. The van der Waals surface area contributed by atoms with Crippen LogP contribution in [0.3, 0.4) is 0 Å². The van der Waals surface area contributed by atoms with Crippen LogP contribution < -0.4 is 10.6 Å². The first kappa shape index (κ1) is 15.3. The lowest BCUT2D eigenvalue weighted by molar-refractivity contribution is -0.118. The summed E-state index contributed by atoms with van der Waals surface area (Å²) in [7, 11) is 1.45. The highest BCUT2D eigenvalue weighted by Gasteiger charge is 2.42. The highest BCUT2D eigenvalue weighted by atomic mass is 79.9. The van der Waals surface area contributed by atoms with Gasteiger partial charge in [0.1, 0.15) is 16.1 Å². The number of aromatic nitrogens is 1. The van der Waals surface area contributed by atoms with Gasteiger partial charge in [0.2, 0.25) is 5.91 Å². The molecule has 0 aromatic carbocycles. The molecule has 1 amide bonds. The molecule has 1 aliphatic rings. The van der Waals surface area contributed by atoms with Crippen LogP contribution in [0.5, 0.6) is 0 Å². The monoisotopic (exact) mass is 345 g/mol. The number of ether oxygens (including phenoxy) is 1. The standard InChI is InChI=1S/C13H17BrFN3O2/c1-8-3-4-10(14)17-11(8)18-12(19)9-5-13(15,6-16-9)7-20-2/h3-4,9,16H,5-7H2,1-2H3,(H,17,18,19)/t9-,13-/m0/s1. The number of methoxy groups -OCH3 is 1. The molecule has 1 aromatic heterocycles. The lowest BCUT2D eigenvalue weighted by Gasteiger charge is -2.17. The summed E-state index contributed by atoms with van der Waals surface area (Å²) in [6.45, 7) is 1.95. The third kappa shape index (κ3) is 3.53. The Labute approximate surface area is 125 Å². The second kappa shape index (κ2) is 6.15. The molecule has 110 valence electrons. The zero-order chi connectivity index (χ0) is 14.8. The van der Waals surface area contributed by atoms with E-state index in [-0.39, 0.29) is 25.5 Å². The molecule has 0 aliphatic carbocycles. The number of carbonyl (C=O) groups excluding carboxylic acids is 1. The third-order valence-corrected chi connectivity index (χ3v) is 3.70. The van der Waals surface area contributed by atoms with Crippen molar-refractivity contribution in [3.05, 3.63) is 22.3 Å². The molecule has 0 unspecified atom stereocenters. The fraction of sp³-hybridized carbons (Fsp3) is 0.538. The van der Waals surface area contributed by atoms with E-state index in [0.29, 0.717) is 10.4 Å². The van der Waals surface area contributed by atoms with Crippen LogP contribution in [0.25, 0.3) is 0 Å². The lowest BCUT2D eigenvalue weighted by atomic mass is 10.0. The number of anilines is 1. The minimum absolute atomic E-state index is 0.0159. The van der Waals surface area contributed by atoms with Crippen molar-refractivity contribution >= 4 is 27.7 Å². The summed E-state index contributed by atoms with van der Waals surface area (Å²) in [5, 5.41) is 5.60. The average Bonchev–Trinajstić information content (AvgIpc) is 2.77. The maximum atomic E-state index is 14.2. The Balaban J connectivity index is 2.01. The number of halogens is 2. The third-order valence-electron chi connectivity index (χ3n) is 3.26. The van der Waals surface area contributed by atoms with Crippen LogP contribution in [0.4, 0.5) is 10.2 Å². The maximum absolute atomic E-state index is 14.2. The van der Waals surface area contributed by atoms with Gasteiger partial charge in [-0.05, 0) is 34.5 Å². The zero-order valence-corrected chi connectivity index (χ0v) is 13.0. The highest BCUT2D eigenvalue weighted by molar-refractivity contribution is 9.10. The van der Waals surface area contributed by atoms with Gasteiger partial charge in [0, 0.05) is 20.1 Å². The van der Waals surface area contributed by atoms with Gasteiger partial charge in [-0.1, -0.05) is 6.07 Å². The van der Waals surface area contributed by atoms with E-state index in [0.717, 1.165) is 5.56 Å². The van der Waals surface area contributed by atoms with Gasteiger partial charge in [0.15, 0.2) is 0 Å². The van der Waals surface area contributed by atoms with E-state index in [1.807, 2.05) is 13.0 Å². The van der Waals surface area contributed by atoms with Crippen LogP contribution in [0, 0.1) is 6.92 Å². The van der Waals surface area contributed by atoms with Crippen LogP contribution >= 0.6 is 15.9 Å². The Morgan fingerprint density at radius 3 is 3.15 bits per heavy atom. The predicted octanol–water partition coefficient (Wildman–Crippen LogP) is 1.81. The molecule has 1 aromatic rings. The van der Waals surface area contributed by atoms with Crippen LogP contribution in [0.2, 0.25) is 0 Å². The fourth-order valence-corrected chi connectivity index (χ4v) is 2.52. The Morgan fingerprint density at radius 2 is 2.45 bits per heavy atom. The first-order chi connectivity index (χ1) is 9.43. The number of nitrogens with zero attached hydrogens (tertiary/aromatic N) is 1. The number of amides is 1. The molecule has 2 atom stereocenters. The van der Waals surface area contributed by atoms with Crippen LogP contribution in [-0.4, -0.2) is 42.9 Å². The Bertz CT molecular complexity index is 514. The molecule has 1 fully saturated rings. The van der Waals surface area contributed by atoms with Crippen molar-refractivity contribution in [1.82, 2.24) is 10.3 Å². The summed E-state index contributed by atoms with van der Waals surface area (Å²) >= 11 is 3.25. The van der Waals surface area contributed by atoms with Crippen molar-refractivity contribution in [2.24, 2.45) is 0 Å². The van der Waals surface area contributed by atoms with Crippen molar-refractivity contribution < 1.29 is 13.9 Å². The molecule has 1 saturated heterocycles. The number of hydrogen-bond acceptors (Lipinski definition) is 4. The Morgan fingerprint density at radius 1 is 1.70 bits per heavy atom. The number of hydrogen-bond donors (Lipinski definition) is 2. The Kier molecular flexibility index (Phi) is 4.72. The first-order valence-corrected chi connectivity index (χ1v) is 7.08. The summed E-state index contributed by atoms with van der Waals surface area (Å²) in [6, 6.07) is 3.07. The molecular weight excluding hydrogens is 329 g/mol. The molecule has 20 heavy (non-hydrogen) atoms. The number of alkyl halides is 1. The van der Waals surface area contributed by atoms with E-state index in [9.17, 15) is 9.18 Å². The highest BCUT2D eigenvalue weighted by Crippen LogP contribution is 2.25. The number of carbonyl (C=O) groups is 1. The fourth-order valence-electron chi connectivity index (χ4n) is 2.21. The summed E-state index contributed by atoms with van der Waals surface area (Å²) in [5.74, 6) is 0.198. The smallest absolute Gasteiger partial charge is 0.242 e. The van der Waals surface area contributed by atoms with Gasteiger partial charge in [0.25, 0.3) is 0 Å². The Hall–Kier alpha value is -1.05. The van der Waals surface area contributed by atoms with Gasteiger partial charge in [-0.3, -0.25) is 4.79 Å². The van der Waals surface area contributed by atoms with Crippen molar-refractivity contribution in [1.29, 1.82) is 0 Å². The minimum atomic E-state index is -1.49. The van der Waals surface area contributed by atoms with E-state index < -0.39 is 11.7 Å². The van der Waals surface area contributed by atoms with E-state index in [2.05, 4.69) is 31.5 Å². The van der Waals surface area contributed by atoms with Crippen molar-refractivity contribution in [2.45, 2.75) is 25.1 Å². The first-order valence-electron chi connectivity index (χ1n) is 6.29. The molecule has 0 saturated carbocycles. The topological polar surface area (TPSA) is 63.2 Å².